The van der Waals surface area contributed by atoms with Crippen molar-refractivity contribution in [3.05, 3.63) is 28.2 Å². The summed E-state index contributed by atoms with van der Waals surface area (Å²) in [5.41, 5.74) is 0. The molecule has 0 radical (unpaired) electrons. The Morgan fingerprint density at radius 3 is 2.68 bits per heavy atom. The number of hydrogen-bond acceptors (Lipinski definition) is 2. The van der Waals surface area contributed by atoms with E-state index in [2.05, 4.69) is 19.2 Å². The van der Waals surface area contributed by atoms with Crippen LogP contribution in [0.3, 0.4) is 0 Å². The van der Waals surface area contributed by atoms with Crippen LogP contribution in [0.25, 0.3) is 0 Å². The number of nitrogens with one attached hydrogen (secondary N) is 1. The van der Waals surface area contributed by atoms with E-state index in [9.17, 15) is 4.21 Å². The molecule has 108 valence electrons. The minimum absolute atomic E-state index is 0.511. The van der Waals surface area contributed by atoms with Crippen LogP contribution in [0.2, 0.25) is 10.0 Å². The van der Waals surface area contributed by atoms with Gasteiger partial charge in [-0.1, -0.05) is 37.0 Å². The first-order chi connectivity index (χ1) is 9.08. The maximum absolute atomic E-state index is 12.2. The van der Waals surface area contributed by atoms with Gasteiger partial charge < -0.3 is 5.32 Å². The van der Waals surface area contributed by atoms with E-state index in [1.54, 1.807) is 18.2 Å². The Kier molecular flexibility index (Phi) is 8.00. The predicted octanol–water partition coefficient (Wildman–Crippen LogP) is 4.27. The molecule has 2 unspecified atom stereocenters. The van der Waals surface area contributed by atoms with Crippen molar-refractivity contribution < 1.29 is 4.21 Å². The zero-order chi connectivity index (χ0) is 14.3. The van der Waals surface area contributed by atoms with Crippen molar-refractivity contribution in [2.75, 3.05) is 12.3 Å². The van der Waals surface area contributed by atoms with Crippen LogP contribution in [0, 0.1) is 0 Å². The second-order valence-electron chi connectivity index (χ2n) is 4.43. The number of hydrogen-bond donors (Lipinski definition) is 1. The fourth-order valence-corrected chi connectivity index (χ4v) is 3.77. The molecule has 5 heteroatoms. The molecule has 1 aromatic carbocycles. The molecular weight excluding hydrogens is 301 g/mol. The van der Waals surface area contributed by atoms with Gasteiger partial charge in [-0.15, -0.1) is 0 Å². The third kappa shape index (κ3) is 5.82. The highest BCUT2D eigenvalue weighted by Gasteiger charge is 2.11. The molecule has 0 aliphatic carbocycles. The smallest absolute Gasteiger partial charge is 0.0589 e. The minimum atomic E-state index is -1.07. The predicted molar refractivity (Wildman–Crippen MR) is 84.7 cm³/mol. The van der Waals surface area contributed by atoms with Crippen molar-refractivity contribution in [3.63, 3.8) is 0 Å². The van der Waals surface area contributed by atoms with E-state index < -0.39 is 10.8 Å². The highest BCUT2D eigenvalue weighted by Crippen LogP contribution is 2.24. The third-order valence-corrected chi connectivity index (χ3v) is 5.17. The van der Waals surface area contributed by atoms with E-state index in [1.165, 1.54) is 0 Å². The third-order valence-electron chi connectivity index (χ3n) is 3.01. The van der Waals surface area contributed by atoms with Crippen molar-refractivity contribution in [2.45, 2.75) is 44.0 Å². The molecule has 2 atom stereocenters. The van der Waals surface area contributed by atoms with E-state index in [-0.39, 0.29) is 0 Å². The fraction of sp³-hybridized carbons (Fsp3) is 0.571. The molecule has 0 fully saturated rings. The number of halogens is 2. The summed E-state index contributed by atoms with van der Waals surface area (Å²) in [6, 6.07) is 5.62. The summed E-state index contributed by atoms with van der Waals surface area (Å²) in [5.74, 6) is 0.627. The van der Waals surface area contributed by atoms with Gasteiger partial charge in [0.05, 0.1) is 20.7 Å². The lowest BCUT2D eigenvalue weighted by Crippen LogP contribution is -2.28. The molecule has 0 aliphatic rings. The molecule has 0 aliphatic heterocycles. The van der Waals surface area contributed by atoms with E-state index in [0.29, 0.717) is 26.7 Å². The Labute approximate surface area is 128 Å². The van der Waals surface area contributed by atoms with Crippen LogP contribution in [-0.2, 0) is 10.8 Å². The maximum atomic E-state index is 12.2. The van der Waals surface area contributed by atoms with Gasteiger partial charge in [0.2, 0.25) is 0 Å². The SMILES string of the molecule is CCNC(CC)CCCS(=O)c1cc(Cl)ccc1Cl. The van der Waals surface area contributed by atoms with E-state index in [1.807, 2.05) is 0 Å². The molecule has 0 saturated heterocycles. The van der Waals surface area contributed by atoms with E-state index in [4.69, 9.17) is 23.2 Å². The van der Waals surface area contributed by atoms with Crippen molar-refractivity contribution in [1.29, 1.82) is 0 Å². The van der Waals surface area contributed by atoms with E-state index in [0.717, 1.165) is 25.8 Å². The Hall–Kier alpha value is -0.0900. The first kappa shape index (κ1) is 17.0. The van der Waals surface area contributed by atoms with Crippen LogP contribution in [0.15, 0.2) is 23.1 Å². The van der Waals surface area contributed by atoms with Crippen molar-refractivity contribution >= 4 is 34.0 Å². The molecule has 0 saturated carbocycles. The van der Waals surface area contributed by atoms with Crippen LogP contribution in [0.4, 0.5) is 0 Å². The monoisotopic (exact) mass is 321 g/mol. The molecule has 1 rings (SSSR count). The van der Waals surface area contributed by atoms with Crippen molar-refractivity contribution in [2.24, 2.45) is 0 Å². The van der Waals surface area contributed by atoms with Gasteiger partial charge >= 0.3 is 0 Å². The first-order valence-corrected chi connectivity index (χ1v) is 8.72. The molecule has 1 N–H and O–H groups in total. The zero-order valence-electron chi connectivity index (χ0n) is 11.4. The van der Waals surface area contributed by atoms with Crippen LogP contribution < -0.4 is 5.32 Å². The van der Waals surface area contributed by atoms with Gasteiger partial charge in [0, 0.05) is 16.8 Å². The Balaban J connectivity index is 2.49. The topological polar surface area (TPSA) is 29.1 Å². The molecule has 0 bridgehead atoms. The quantitative estimate of drug-likeness (QED) is 0.774. The molecule has 1 aromatic rings. The van der Waals surface area contributed by atoms with Gasteiger partial charge in [-0.25, -0.2) is 0 Å². The second kappa shape index (κ2) is 8.96. The largest absolute Gasteiger partial charge is 0.314 e. The zero-order valence-corrected chi connectivity index (χ0v) is 13.7. The average molecular weight is 322 g/mol. The lowest BCUT2D eigenvalue weighted by molar-refractivity contribution is 0.476. The molecule has 0 aromatic heterocycles. The van der Waals surface area contributed by atoms with E-state index >= 15 is 0 Å². The number of rotatable bonds is 8. The van der Waals surface area contributed by atoms with Gasteiger partial charge in [-0.05, 0) is 44.0 Å². The standard InChI is InChI=1S/C14H21Cl2NOS/c1-3-12(17-4-2)6-5-9-19(18)14-10-11(15)7-8-13(14)16/h7-8,10,12,17H,3-6,9H2,1-2H3. The van der Waals surface area contributed by atoms with Gasteiger partial charge in [0.15, 0.2) is 0 Å². The normalized spacial score (nSPS) is 14.3. The van der Waals surface area contributed by atoms with Gasteiger partial charge in [-0.3, -0.25) is 4.21 Å². The fourth-order valence-electron chi connectivity index (χ4n) is 1.96. The van der Waals surface area contributed by atoms with Gasteiger partial charge in [0.25, 0.3) is 0 Å². The van der Waals surface area contributed by atoms with Crippen molar-refractivity contribution in [3.8, 4) is 0 Å². The van der Waals surface area contributed by atoms with Crippen LogP contribution in [-0.4, -0.2) is 22.5 Å². The van der Waals surface area contributed by atoms with Crippen molar-refractivity contribution in [1.82, 2.24) is 5.32 Å². The molecule has 0 spiro atoms. The summed E-state index contributed by atoms with van der Waals surface area (Å²) >= 11 is 12.0. The molecule has 0 heterocycles. The van der Waals surface area contributed by atoms with Crippen LogP contribution >= 0.6 is 23.2 Å². The molecule has 0 amide bonds. The first-order valence-electron chi connectivity index (χ1n) is 6.65. The Morgan fingerprint density at radius 1 is 1.32 bits per heavy atom. The highest BCUT2D eigenvalue weighted by molar-refractivity contribution is 7.85. The minimum Gasteiger partial charge on any atom is -0.314 e. The van der Waals surface area contributed by atoms with Crippen LogP contribution in [0.1, 0.15) is 33.1 Å². The maximum Gasteiger partial charge on any atom is 0.0589 e. The molecule has 2 nitrogen and oxygen atoms in total. The summed E-state index contributed by atoms with van der Waals surface area (Å²) in [6.45, 7) is 5.24. The summed E-state index contributed by atoms with van der Waals surface area (Å²) < 4.78 is 12.2. The molecule has 19 heavy (non-hydrogen) atoms. The Bertz CT molecular complexity index is 426. The lowest BCUT2D eigenvalue weighted by Gasteiger charge is -2.15. The number of benzene rings is 1. The summed E-state index contributed by atoms with van der Waals surface area (Å²) in [7, 11) is -1.07. The summed E-state index contributed by atoms with van der Waals surface area (Å²) in [4.78, 5) is 0.644. The Morgan fingerprint density at radius 2 is 2.05 bits per heavy atom. The molecular formula is C14H21Cl2NOS. The lowest BCUT2D eigenvalue weighted by atomic mass is 10.1. The van der Waals surface area contributed by atoms with Crippen LogP contribution in [0.5, 0.6) is 0 Å². The summed E-state index contributed by atoms with van der Waals surface area (Å²) in [5, 5.41) is 4.53. The summed E-state index contributed by atoms with van der Waals surface area (Å²) in [6.07, 6.45) is 3.05. The average Bonchev–Trinajstić information content (AvgIpc) is 2.40. The second-order valence-corrected chi connectivity index (χ2v) is 6.81. The highest BCUT2D eigenvalue weighted by atomic mass is 35.5. The van der Waals surface area contributed by atoms with Gasteiger partial charge in [-0.2, -0.15) is 0 Å². The van der Waals surface area contributed by atoms with Gasteiger partial charge in [0.1, 0.15) is 0 Å².